The van der Waals surface area contributed by atoms with E-state index in [4.69, 9.17) is 0 Å². The number of aromatic nitrogens is 2. The number of H-pyrrole nitrogens is 1. The molecular weight excluding hydrogens is 455 g/mol. The van der Waals surface area contributed by atoms with Gasteiger partial charge in [0.05, 0.1) is 0 Å². The van der Waals surface area contributed by atoms with Crippen LogP contribution in [0.15, 0.2) is 18.2 Å². The number of hydrogen-bond acceptors (Lipinski definition) is 4. The first-order valence-electron chi connectivity index (χ1n) is 10.3. The SMILES string of the molecule is CCCNC(=O)[AsH]c1ccc2c(C(=O)N(C(F)F)[C@@H]3CN4CCC3CC4)n[nH]c2c1. The minimum absolute atomic E-state index is 0.0173. The molecule has 3 aliphatic rings. The molecule has 10 heteroatoms. The first-order chi connectivity index (χ1) is 14.5. The van der Waals surface area contributed by atoms with Crippen molar-refractivity contribution in [3.05, 3.63) is 23.9 Å². The summed E-state index contributed by atoms with van der Waals surface area (Å²) in [6.45, 7) is 2.09. The number of halogens is 2. The fourth-order valence-electron chi connectivity index (χ4n) is 4.43. The Morgan fingerprint density at radius 3 is 2.77 bits per heavy atom. The Kier molecular flexibility index (Phi) is 6.39. The summed E-state index contributed by atoms with van der Waals surface area (Å²) in [6, 6.07) is 4.81. The van der Waals surface area contributed by atoms with Gasteiger partial charge in [-0.2, -0.15) is 0 Å². The fourth-order valence-corrected chi connectivity index (χ4v) is 6.23. The molecule has 0 saturated carbocycles. The van der Waals surface area contributed by atoms with Gasteiger partial charge in [-0.1, -0.05) is 0 Å². The number of nitrogens with zero attached hydrogens (tertiary/aromatic N) is 3. The zero-order valence-electron chi connectivity index (χ0n) is 16.8. The van der Waals surface area contributed by atoms with Crippen LogP contribution in [0.1, 0.15) is 36.7 Å². The summed E-state index contributed by atoms with van der Waals surface area (Å²) >= 11 is -1.04. The molecule has 0 aliphatic carbocycles. The first kappa shape index (κ1) is 21.2. The maximum absolute atomic E-state index is 14.0. The van der Waals surface area contributed by atoms with Crippen LogP contribution in [-0.4, -0.2) is 85.1 Å². The van der Waals surface area contributed by atoms with Gasteiger partial charge in [-0.3, -0.25) is 0 Å². The van der Waals surface area contributed by atoms with Gasteiger partial charge >= 0.3 is 180 Å². The second kappa shape index (κ2) is 9.02. The molecule has 1 aromatic carbocycles. The van der Waals surface area contributed by atoms with Crippen LogP contribution in [0.5, 0.6) is 0 Å². The second-order valence-electron chi connectivity index (χ2n) is 7.91. The Morgan fingerprint density at radius 1 is 1.37 bits per heavy atom. The van der Waals surface area contributed by atoms with E-state index in [0.29, 0.717) is 24.0 Å². The number of hydrogen-bond donors (Lipinski definition) is 2. The monoisotopic (exact) mass is 481 g/mol. The van der Waals surface area contributed by atoms with Gasteiger partial charge in [0.15, 0.2) is 0 Å². The summed E-state index contributed by atoms with van der Waals surface area (Å²) in [5.41, 5.74) is 0.606. The number of rotatable bonds is 7. The van der Waals surface area contributed by atoms with Crippen LogP contribution in [0.2, 0.25) is 0 Å². The molecule has 0 radical (unpaired) electrons. The van der Waals surface area contributed by atoms with Crippen molar-refractivity contribution in [3.8, 4) is 0 Å². The average molecular weight is 481 g/mol. The van der Waals surface area contributed by atoms with E-state index in [-0.39, 0.29) is 16.3 Å². The number of nitrogens with one attached hydrogen (secondary N) is 2. The van der Waals surface area contributed by atoms with Crippen molar-refractivity contribution < 1.29 is 18.4 Å². The fraction of sp³-hybridized carbons (Fsp3) is 0.550. The van der Waals surface area contributed by atoms with E-state index < -0.39 is 34.3 Å². The van der Waals surface area contributed by atoms with E-state index in [2.05, 4.69) is 20.4 Å². The molecule has 2 atom stereocenters. The number of fused-ring (bicyclic) bond motifs is 4. The van der Waals surface area contributed by atoms with E-state index in [1.165, 1.54) is 0 Å². The normalized spacial score (nSPS) is 23.5. The quantitative estimate of drug-likeness (QED) is 0.464. The van der Waals surface area contributed by atoms with Crippen molar-refractivity contribution >= 4 is 41.6 Å². The summed E-state index contributed by atoms with van der Waals surface area (Å²) < 4.78 is 28.9. The third kappa shape index (κ3) is 4.23. The second-order valence-corrected chi connectivity index (χ2v) is 10.6. The van der Waals surface area contributed by atoms with Gasteiger partial charge in [-0.05, 0) is 0 Å². The zero-order valence-corrected chi connectivity index (χ0v) is 18.9. The van der Waals surface area contributed by atoms with Crippen LogP contribution in [0.25, 0.3) is 10.9 Å². The third-order valence-electron chi connectivity index (χ3n) is 5.98. The standard InChI is InChI=1S/C20H26AsF2N5O2/c1-2-7-24-19(30)21-13-3-4-14-15(10-13)25-26-17(14)18(29)28(20(22)23)16-11-27-8-5-12(16)6-9-27/h3-4,10,12,16,20-21H,2,5-9,11H2,1H3,(H,24,30)(H,25,26)/t16-/m1/s1. The molecule has 2 amide bonds. The van der Waals surface area contributed by atoms with E-state index in [9.17, 15) is 18.4 Å². The molecule has 2 N–H and O–H groups in total. The molecule has 162 valence electrons. The van der Waals surface area contributed by atoms with Crippen molar-refractivity contribution in [2.45, 2.75) is 38.8 Å². The molecule has 3 fully saturated rings. The van der Waals surface area contributed by atoms with Crippen LogP contribution in [0.3, 0.4) is 0 Å². The van der Waals surface area contributed by atoms with Crippen LogP contribution >= 0.6 is 0 Å². The molecule has 1 unspecified atom stereocenters. The zero-order chi connectivity index (χ0) is 21.3. The van der Waals surface area contributed by atoms with Gasteiger partial charge in [-0.15, -0.1) is 0 Å². The number of benzene rings is 1. The van der Waals surface area contributed by atoms with Crippen LogP contribution in [-0.2, 0) is 0 Å². The van der Waals surface area contributed by atoms with Crippen molar-refractivity contribution in [1.29, 1.82) is 0 Å². The molecule has 7 nitrogen and oxygen atoms in total. The molecule has 1 aromatic heterocycles. The van der Waals surface area contributed by atoms with Crippen molar-refractivity contribution in [2.24, 2.45) is 5.92 Å². The number of aromatic amines is 1. The predicted molar refractivity (Wildman–Crippen MR) is 112 cm³/mol. The molecule has 30 heavy (non-hydrogen) atoms. The molecule has 5 rings (SSSR count). The Labute approximate surface area is 180 Å². The van der Waals surface area contributed by atoms with Gasteiger partial charge in [0.25, 0.3) is 0 Å². The molecular formula is C20H26AsF2N5O2. The summed E-state index contributed by atoms with van der Waals surface area (Å²) in [7, 11) is 0. The van der Waals surface area contributed by atoms with E-state index in [1.54, 1.807) is 18.2 Å². The first-order valence-corrected chi connectivity index (χ1v) is 12.4. The number of amides is 2. The van der Waals surface area contributed by atoms with Gasteiger partial charge in [0.2, 0.25) is 0 Å². The number of piperidine rings is 3. The van der Waals surface area contributed by atoms with Crippen LogP contribution in [0, 0.1) is 5.92 Å². The molecule has 3 aliphatic heterocycles. The number of alkyl halides is 2. The van der Waals surface area contributed by atoms with Crippen LogP contribution in [0.4, 0.5) is 13.6 Å². The Hall–Kier alpha value is -1.99. The van der Waals surface area contributed by atoms with E-state index >= 15 is 0 Å². The van der Waals surface area contributed by atoms with Gasteiger partial charge in [0, 0.05) is 0 Å². The Bertz CT molecular complexity index is 929. The predicted octanol–water partition coefficient (Wildman–Crippen LogP) is 1.50. The van der Waals surface area contributed by atoms with Gasteiger partial charge in [0.1, 0.15) is 0 Å². The van der Waals surface area contributed by atoms with Crippen molar-refractivity contribution in [3.63, 3.8) is 0 Å². The maximum atomic E-state index is 14.0. The number of carbonyl (C=O) groups is 2. The van der Waals surface area contributed by atoms with Gasteiger partial charge < -0.3 is 0 Å². The van der Waals surface area contributed by atoms with E-state index in [1.807, 2.05) is 6.92 Å². The molecule has 2 aromatic rings. The Balaban J connectivity index is 1.55. The molecule has 4 heterocycles. The summed E-state index contributed by atoms with van der Waals surface area (Å²) in [5, 5.41) is 10.2. The summed E-state index contributed by atoms with van der Waals surface area (Å²) in [4.78, 5) is 28.0. The summed E-state index contributed by atoms with van der Waals surface area (Å²) in [6.07, 6.45) is 2.56. The van der Waals surface area contributed by atoms with E-state index in [0.717, 1.165) is 41.6 Å². The minimum atomic E-state index is -2.87. The third-order valence-corrected chi connectivity index (χ3v) is 8.09. The topological polar surface area (TPSA) is 81.3 Å². The molecule has 3 saturated heterocycles. The molecule has 0 spiro atoms. The van der Waals surface area contributed by atoms with Crippen molar-refractivity contribution in [2.75, 3.05) is 26.2 Å². The van der Waals surface area contributed by atoms with Gasteiger partial charge in [-0.25, -0.2) is 0 Å². The average Bonchev–Trinajstić information content (AvgIpc) is 3.16. The van der Waals surface area contributed by atoms with Crippen LogP contribution < -0.4 is 9.67 Å². The van der Waals surface area contributed by atoms with Crippen molar-refractivity contribution in [1.82, 2.24) is 25.3 Å². The Morgan fingerprint density at radius 2 is 2.13 bits per heavy atom. The molecule has 2 bridgehead atoms. The number of carbonyl (C=O) groups excluding carboxylic acids is 2. The summed E-state index contributed by atoms with van der Waals surface area (Å²) in [5.74, 6) is -0.628.